The van der Waals surface area contributed by atoms with Crippen molar-refractivity contribution < 1.29 is 0 Å². The normalized spacial score (nSPS) is 11.8. The second-order valence-electron chi connectivity index (χ2n) is 12.3. The van der Waals surface area contributed by atoms with E-state index in [0.717, 1.165) is 11.3 Å². The Morgan fingerprint density at radius 2 is 1.00 bits per heavy atom. The highest BCUT2D eigenvalue weighted by Crippen LogP contribution is 2.47. The van der Waals surface area contributed by atoms with Crippen LogP contribution in [0.1, 0.15) is 0 Å². The van der Waals surface area contributed by atoms with Crippen LogP contribution in [0, 0.1) is 0 Å². The number of thiophene rings is 1. The third-order valence-electron chi connectivity index (χ3n) is 9.67. The van der Waals surface area contributed by atoms with Crippen molar-refractivity contribution in [3.05, 3.63) is 164 Å². The summed E-state index contributed by atoms with van der Waals surface area (Å²) >= 11 is 1.84. The molecule has 2 heterocycles. The van der Waals surface area contributed by atoms with E-state index in [2.05, 4.69) is 158 Å². The molecule has 10 rings (SSSR count). The zero-order valence-corrected chi connectivity index (χ0v) is 26.3. The number of pyridine rings is 1. The first-order valence-electron chi connectivity index (χ1n) is 16.0. The van der Waals surface area contributed by atoms with E-state index in [1.807, 2.05) is 17.5 Å². The average molecular weight is 614 g/mol. The fourth-order valence-corrected chi connectivity index (χ4v) is 8.69. The summed E-state index contributed by atoms with van der Waals surface area (Å²) in [5, 5.41) is 12.5. The molecule has 10 aromatic rings. The molecular weight excluding hydrogens is 587 g/mol. The molecule has 0 spiro atoms. The summed E-state index contributed by atoms with van der Waals surface area (Å²) in [6.45, 7) is 0. The van der Waals surface area contributed by atoms with Crippen LogP contribution in [0.15, 0.2) is 164 Å². The van der Waals surface area contributed by atoms with E-state index < -0.39 is 0 Å². The molecule has 0 N–H and O–H groups in total. The van der Waals surface area contributed by atoms with E-state index in [4.69, 9.17) is 4.98 Å². The van der Waals surface area contributed by atoms with Gasteiger partial charge in [-0.1, -0.05) is 127 Å². The van der Waals surface area contributed by atoms with Crippen molar-refractivity contribution in [1.29, 1.82) is 0 Å². The van der Waals surface area contributed by atoms with E-state index >= 15 is 0 Å². The van der Waals surface area contributed by atoms with Crippen LogP contribution in [0.5, 0.6) is 0 Å². The van der Waals surface area contributed by atoms with Crippen LogP contribution in [0.4, 0.5) is 0 Å². The van der Waals surface area contributed by atoms with Gasteiger partial charge in [0.2, 0.25) is 0 Å². The minimum absolute atomic E-state index is 1.04. The van der Waals surface area contributed by atoms with E-state index in [9.17, 15) is 0 Å². The van der Waals surface area contributed by atoms with E-state index in [0.29, 0.717) is 0 Å². The molecule has 2 aromatic heterocycles. The number of fused-ring (bicyclic) bond motifs is 7. The van der Waals surface area contributed by atoms with Crippen LogP contribution < -0.4 is 0 Å². The lowest BCUT2D eigenvalue weighted by molar-refractivity contribution is 1.37. The topological polar surface area (TPSA) is 12.9 Å². The Labute approximate surface area is 276 Å². The zero-order valence-electron chi connectivity index (χ0n) is 25.4. The molecule has 1 nitrogen and oxygen atoms in total. The quantitative estimate of drug-likeness (QED) is 0.181. The molecule has 0 saturated carbocycles. The summed E-state index contributed by atoms with van der Waals surface area (Å²) in [6.07, 6.45) is 1.98. The first-order chi connectivity index (χ1) is 23.3. The molecule has 2 heteroatoms. The standard InChI is InChI=1S/C45H27NS/c1-3-11-30-25-33(19-17-28(30)9-1)42-35-14-6-5-13-32(35)27-40-37(42)21-22-39(43(40)34-20-18-29-10-2-4-12-31(29)26-34)44-45-38(23-24-46-44)36-15-7-8-16-41(36)47-45/h1-27H. The van der Waals surface area contributed by atoms with Crippen molar-refractivity contribution in [2.45, 2.75) is 0 Å². The fraction of sp³-hybridized carbons (Fsp3) is 0. The molecule has 0 unspecified atom stereocenters. The third kappa shape index (κ3) is 4.12. The number of benzene rings is 8. The number of nitrogens with zero attached hydrogens (tertiary/aromatic N) is 1. The van der Waals surface area contributed by atoms with Crippen LogP contribution in [0.25, 0.3) is 96.8 Å². The van der Waals surface area contributed by atoms with E-state index in [-0.39, 0.29) is 0 Å². The first-order valence-corrected chi connectivity index (χ1v) is 16.9. The van der Waals surface area contributed by atoms with Crippen LogP contribution in [0.3, 0.4) is 0 Å². The number of rotatable bonds is 3. The molecule has 0 saturated heterocycles. The van der Waals surface area contributed by atoms with Crippen LogP contribution in [-0.2, 0) is 0 Å². The van der Waals surface area contributed by atoms with Crippen molar-refractivity contribution in [1.82, 2.24) is 4.98 Å². The maximum Gasteiger partial charge on any atom is 0.0886 e. The SMILES string of the molecule is c1ccc2cc(-c3c(-c4nccc5c4sc4ccccc45)ccc4c(-c5ccc6ccccc6c5)c5ccccc5cc34)ccc2c1. The summed E-state index contributed by atoms with van der Waals surface area (Å²) < 4.78 is 2.51. The van der Waals surface area contributed by atoms with Gasteiger partial charge < -0.3 is 0 Å². The van der Waals surface area contributed by atoms with E-state index in [1.165, 1.54) is 85.5 Å². The van der Waals surface area contributed by atoms with Gasteiger partial charge in [0.25, 0.3) is 0 Å². The van der Waals surface area contributed by atoms with Gasteiger partial charge in [0.15, 0.2) is 0 Å². The molecule has 218 valence electrons. The lowest BCUT2D eigenvalue weighted by Gasteiger charge is -2.19. The Morgan fingerprint density at radius 3 is 1.74 bits per heavy atom. The largest absolute Gasteiger partial charge is 0.255 e. The molecule has 0 aliphatic rings. The molecule has 0 aliphatic carbocycles. The van der Waals surface area contributed by atoms with Crippen LogP contribution >= 0.6 is 11.3 Å². The monoisotopic (exact) mass is 613 g/mol. The number of hydrogen-bond donors (Lipinski definition) is 0. The lowest BCUT2D eigenvalue weighted by Crippen LogP contribution is -1.93. The smallest absolute Gasteiger partial charge is 0.0886 e. The predicted octanol–water partition coefficient (Wildman–Crippen LogP) is 13.1. The molecule has 0 aliphatic heterocycles. The van der Waals surface area contributed by atoms with Gasteiger partial charge >= 0.3 is 0 Å². The summed E-state index contributed by atoms with van der Waals surface area (Å²) in [5.74, 6) is 0. The van der Waals surface area contributed by atoms with Gasteiger partial charge in [-0.05, 0) is 95.7 Å². The van der Waals surface area contributed by atoms with Gasteiger partial charge in [-0.15, -0.1) is 11.3 Å². The summed E-state index contributed by atoms with van der Waals surface area (Å²) in [7, 11) is 0. The highest BCUT2D eigenvalue weighted by atomic mass is 32.1. The van der Waals surface area contributed by atoms with Gasteiger partial charge in [0.1, 0.15) is 0 Å². The predicted molar refractivity (Wildman–Crippen MR) is 203 cm³/mol. The molecular formula is C45H27NS. The molecule has 0 radical (unpaired) electrons. The average Bonchev–Trinajstić information content (AvgIpc) is 3.52. The number of hydrogen-bond acceptors (Lipinski definition) is 2. The maximum atomic E-state index is 5.12. The molecule has 0 amide bonds. The minimum Gasteiger partial charge on any atom is -0.255 e. The van der Waals surface area contributed by atoms with Gasteiger partial charge in [-0.3, -0.25) is 4.98 Å². The summed E-state index contributed by atoms with van der Waals surface area (Å²) in [4.78, 5) is 5.12. The van der Waals surface area contributed by atoms with Gasteiger partial charge in [0, 0.05) is 27.2 Å². The Morgan fingerprint density at radius 1 is 0.383 bits per heavy atom. The Bertz CT molecular complexity index is 2860. The lowest BCUT2D eigenvalue weighted by atomic mass is 9.85. The van der Waals surface area contributed by atoms with Crippen molar-refractivity contribution >= 4 is 74.6 Å². The van der Waals surface area contributed by atoms with Gasteiger partial charge in [-0.2, -0.15) is 0 Å². The zero-order chi connectivity index (χ0) is 30.9. The van der Waals surface area contributed by atoms with Crippen molar-refractivity contribution in [3.63, 3.8) is 0 Å². The molecule has 47 heavy (non-hydrogen) atoms. The maximum absolute atomic E-state index is 5.12. The first kappa shape index (κ1) is 26.4. The van der Waals surface area contributed by atoms with Crippen molar-refractivity contribution in [2.24, 2.45) is 0 Å². The van der Waals surface area contributed by atoms with Crippen molar-refractivity contribution in [2.75, 3.05) is 0 Å². The minimum atomic E-state index is 1.04. The second kappa shape index (κ2) is 10.3. The molecule has 0 fully saturated rings. The van der Waals surface area contributed by atoms with E-state index in [1.54, 1.807) is 0 Å². The van der Waals surface area contributed by atoms with Gasteiger partial charge in [-0.25, -0.2) is 0 Å². The summed E-state index contributed by atoms with van der Waals surface area (Å²) in [5.41, 5.74) is 7.11. The molecule has 8 aromatic carbocycles. The molecule has 0 atom stereocenters. The Hall–Kier alpha value is -5.83. The highest BCUT2D eigenvalue weighted by molar-refractivity contribution is 7.26. The number of aromatic nitrogens is 1. The fourth-order valence-electron chi connectivity index (χ4n) is 7.49. The Balaban J connectivity index is 1.36. The third-order valence-corrected chi connectivity index (χ3v) is 10.9. The molecule has 0 bridgehead atoms. The van der Waals surface area contributed by atoms with Gasteiger partial charge in [0.05, 0.1) is 10.4 Å². The van der Waals surface area contributed by atoms with Crippen LogP contribution in [-0.4, -0.2) is 4.98 Å². The Kier molecular flexibility index (Phi) is 5.81. The second-order valence-corrected chi connectivity index (χ2v) is 13.4. The van der Waals surface area contributed by atoms with Crippen molar-refractivity contribution in [3.8, 4) is 33.5 Å². The highest BCUT2D eigenvalue weighted by Gasteiger charge is 2.21. The van der Waals surface area contributed by atoms with Crippen LogP contribution in [0.2, 0.25) is 0 Å². The summed E-state index contributed by atoms with van der Waals surface area (Å²) in [6, 6.07) is 57.8.